The molecule has 0 saturated heterocycles. The second-order valence-corrected chi connectivity index (χ2v) is 13.1. The maximum absolute atomic E-state index is 14.2. The van der Waals surface area contributed by atoms with E-state index in [0.717, 1.165) is 52.2 Å². The lowest BCUT2D eigenvalue weighted by Crippen LogP contribution is -2.52. The van der Waals surface area contributed by atoms with Gasteiger partial charge in [-0.15, -0.1) is 0 Å². The number of methoxy groups -OCH3 is 1. The number of hydrogen-bond donors (Lipinski definition) is 1. The lowest BCUT2D eigenvalue weighted by Gasteiger charge is -2.32. The summed E-state index contributed by atoms with van der Waals surface area (Å²) in [5.41, 5.74) is 3.83. The number of nitrogens with one attached hydrogen (secondary N) is 1. The maximum Gasteiger partial charge on any atom is 0.264 e. The van der Waals surface area contributed by atoms with Crippen LogP contribution in [0.4, 0.5) is 5.69 Å². The highest BCUT2D eigenvalue weighted by molar-refractivity contribution is 7.92. The van der Waals surface area contributed by atoms with E-state index in [1.807, 2.05) is 51.1 Å². The molecule has 4 rings (SSSR count). The second kappa shape index (κ2) is 13.4. The number of benzene rings is 3. The molecular weight excluding hydrogens is 550 g/mol. The number of ether oxygens (including phenoxy) is 1. The van der Waals surface area contributed by atoms with Crippen LogP contribution >= 0.6 is 0 Å². The van der Waals surface area contributed by atoms with Crippen LogP contribution in [0.3, 0.4) is 0 Å². The molecule has 0 radical (unpaired) electrons. The number of carbonyl (C=O) groups is 2. The molecule has 8 nitrogen and oxygen atoms in total. The molecule has 9 heteroatoms. The van der Waals surface area contributed by atoms with Gasteiger partial charge < -0.3 is 15.0 Å². The fourth-order valence-electron chi connectivity index (χ4n) is 5.40. The molecule has 1 N–H and O–H groups in total. The molecular formula is C33H41N3O5S. The van der Waals surface area contributed by atoms with Gasteiger partial charge in [-0.1, -0.05) is 48.7 Å². The summed E-state index contributed by atoms with van der Waals surface area (Å²) in [4.78, 5) is 29.1. The van der Waals surface area contributed by atoms with Gasteiger partial charge in [-0.2, -0.15) is 0 Å². The normalized spacial score (nSPS) is 14.3. The summed E-state index contributed by atoms with van der Waals surface area (Å²) in [5.74, 6) is -0.110. The zero-order valence-electron chi connectivity index (χ0n) is 25.1. The van der Waals surface area contributed by atoms with Gasteiger partial charge >= 0.3 is 0 Å². The summed E-state index contributed by atoms with van der Waals surface area (Å²) in [6.07, 6.45) is 3.95. The Hall–Kier alpha value is -3.85. The van der Waals surface area contributed by atoms with Crippen molar-refractivity contribution in [2.75, 3.05) is 18.0 Å². The van der Waals surface area contributed by atoms with Crippen molar-refractivity contribution in [3.8, 4) is 5.75 Å². The van der Waals surface area contributed by atoms with Crippen molar-refractivity contribution in [2.24, 2.45) is 0 Å². The molecule has 0 unspecified atom stereocenters. The number of carbonyl (C=O) groups excluding carboxylic acids is 2. The average Bonchev–Trinajstić information content (AvgIpc) is 3.47. The second-order valence-electron chi connectivity index (χ2n) is 11.2. The third kappa shape index (κ3) is 7.50. The molecule has 42 heavy (non-hydrogen) atoms. The van der Waals surface area contributed by atoms with Crippen molar-refractivity contribution in [2.45, 2.75) is 76.9 Å². The Morgan fingerprint density at radius 3 is 2.19 bits per heavy atom. The molecule has 3 aromatic rings. The van der Waals surface area contributed by atoms with Gasteiger partial charge in [-0.3, -0.25) is 13.9 Å². The van der Waals surface area contributed by atoms with Crippen LogP contribution in [0.15, 0.2) is 71.6 Å². The van der Waals surface area contributed by atoms with Gasteiger partial charge in [0.25, 0.3) is 10.0 Å². The number of nitrogens with zero attached hydrogens (tertiary/aromatic N) is 2. The van der Waals surface area contributed by atoms with Crippen LogP contribution in [0, 0.1) is 20.8 Å². The summed E-state index contributed by atoms with van der Waals surface area (Å²) in [6, 6.07) is 18.6. The Morgan fingerprint density at radius 1 is 0.929 bits per heavy atom. The third-order valence-corrected chi connectivity index (χ3v) is 9.53. The molecule has 1 aliphatic rings. The van der Waals surface area contributed by atoms with E-state index in [1.54, 1.807) is 50.4 Å². The van der Waals surface area contributed by atoms with Crippen molar-refractivity contribution in [1.29, 1.82) is 0 Å². The highest BCUT2D eigenvalue weighted by Gasteiger charge is 2.33. The maximum atomic E-state index is 14.2. The Bertz CT molecular complexity index is 1490. The van der Waals surface area contributed by atoms with Crippen LogP contribution < -0.4 is 14.4 Å². The molecule has 0 spiro atoms. The lowest BCUT2D eigenvalue weighted by molar-refractivity contribution is -0.139. The monoisotopic (exact) mass is 591 g/mol. The Labute approximate surface area is 249 Å². The van der Waals surface area contributed by atoms with Crippen LogP contribution in [0.2, 0.25) is 0 Å². The first kappa shape index (κ1) is 31.1. The minimum atomic E-state index is -4.12. The van der Waals surface area contributed by atoms with Crippen molar-refractivity contribution >= 4 is 27.5 Å². The zero-order valence-corrected chi connectivity index (χ0v) is 25.9. The molecule has 0 bridgehead atoms. The van der Waals surface area contributed by atoms with E-state index in [9.17, 15) is 18.0 Å². The molecule has 1 atom stereocenters. The van der Waals surface area contributed by atoms with E-state index < -0.39 is 28.5 Å². The van der Waals surface area contributed by atoms with E-state index >= 15 is 0 Å². The molecule has 0 aliphatic heterocycles. The highest BCUT2D eigenvalue weighted by atomic mass is 32.2. The average molecular weight is 592 g/mol. The van der Waals surface area contributed by atoms with Gasteiger partial charge in [0.15, 0.2) is 0 Å². The van der Waals surface area contributed by atoms with Crippen molar-refractivity contribution in [3.05, 3.63) is 89.0 Å². The first-order valence-corrected chi connectivity index (χ1v) is 15.8. The lowest BCUT2D eigenvalue weighted by atomic mass is 10.1. The van der Waals surface area contributed by atoms with Crippen LogP contribution in [0.1, 0.15) is 54.9 Å². The summed E-state index contributed by atoms with van der Waals surface area (Å²) in [6.45, 7) is 7.00. The molecule has 1 saturated carbocycles. The Kier molecular flexibility index (Phi) is 9.93. The van der Waals surface area contributed by atoms with Crippen molar-refractivity contribution < 1.29 is 22.7 Å². The van der Waals surface area contributed by atoms with Crippen LogP contribution in [-0.2, 0) is 26.2 Å². The minimum Gasteiger partial charge on any atom is -0.497 e. The van der Waals surface area contributed by atoms with Gasteiger partial charge in [0.1, 0.15) is 18.3 Å². The minimum absolute atomic E-state index is 0.0856. The number of sulfonamides is 1. The van der Waals surface area contributed by atoms with E-state index in [2.05, 4.69) is 5.32 Å². The molecule has 0 aromatic heterocycles. The Morgan fingerprint density at radius 2 is 1.57 bits per heavy atom. The van der Waals surface area contributed by atoms with Gasteiger partial charge in [0.05, 0.1) is 17.7 Å². The topological polar surface area (TPSA) is 96.0 Å². The van der Waals surface area contributed by atoms with E-state index in [-0.39, 0.29) is 23.4 Å². The third-order valence-electron chi connectivity index (χ3n) is 7.74. The number of hydrogen-bond acceptors (Lipinski definition) is 5. The quantitative estimate of drug-likeness (QED) is 0.327. The summed E-state index contributed by atoms with van der Waals surface area (Å²) >= 11 is 0. The molecule has 3 aromatic carbocycles. The molecule has 2 amide bonds. The highest BCUT2D eigenvalue weighted by Crippen LogP contribution is 2.27. The predicted octanol–water partition coefficient (Wildman–Crippen LogP) is 5.29. The zero-order chi connectivity index (χ0) is 30.4. The predicted molar refractivity (Wildman–Crippen MR) is 165 cm³/mol. The SMILES string of the molecule is COc1cccc(CN(C(=O)CN(c2cc(C)cc(C)c2)S(=O)(=O)c2ccc(C)cc2)[C@@H](C)C(=O)NC2CCCC2)c1. The fraction of sp³-hybridized carbons (Fsp3) is 0.394. The number of amides is 2. The van der Waals surface area contributed by atoms with Gasteiger partial charge in [-0.25, -0.2) is 8.42 Å². The molecule has 1 aliphatic carbocycles. The fourth-order valence-corrected chi connectivity index (χ4v) is 6.80. The van der Waals surface area contributed by atoms with E-state index in [4.69, 9.17) is 4.74 Å². The first-order valence-electron chi connectivity index (χ1n) is 14.4. The standard InChI is InChI=1S/C33H41N3O5S/c1-23-13-15-31(16-14-23)42(39,40)36(29-18-24(2)17-25(3)19-29)22-32(37)35(21-27-9-8-12-30(20-27)41-5)26(4)33(38)34-28-10-6-7-11-28/h8-9,12-20,26,28H,6-7,10-11,21-22H2,1-5H3,(H,34,38)/t26-/m0/s1. The van der Waals surface area contributed by atoms with Crippen molar-refractivity contribution in [3.63, 3.8) is 0 Å². The molecule has 0 heterocycles. The van der Waals surface area contributed by atoms with Crippen LogP contribution in [-0.4, -0.2) is 50.9 Å². The smallest absolute Gasteiger partial charge is 0.264 e. The van der Waals surface area contributed by atoms with Gasteiger partial charge in [0.2, 0.25) is 11.8 Å². The number of rotatable bonds is 11. The van der Waals surface area contributed by atoms with Crippen molar-refractivity contribution in [1.82, 2.24) is 10.2 Å². The summed E-state index contributed by atoms with van der Waals surface area (Å²) in [5, 5.41) is 3.09. The van der Waals surface area contributed by atoms with Gasteiger partial charge in [-0.05, 0) is 93.6 Å². The molecule has 224 valence electrons. The van der Waals surface area contributed by atoms with Crippen LogP contribution in [0.5, 0.6) is 5.75 Å². The van der Waals surface area contributed by atoms with Crippen LogP contribution in [0.25, 0.3) is 0 Å². The molecule has 1 fully saturated rings. The number of anilines is 1. The van der Waals surface area contributed by atoms with E-state index in [0.29, 0.717) is 11.4 Å². The number of aryl methyl sites for hydroxylation is 3. The largest absolute Gasteiger partial charge is 0.497 e. The van der Waals surface area contributed by atoms with Gasteiger partial charge in [0, 0.05) is 12.6 Å². The summed E-state index contributed by atoms with van der Waals surface area (Å²) in [7, 11) is -2.55. The Balaban J connectivity index is 1.72. The van der Waals surface area contributed by atoms with E-state index in [1.165, 1.54) is 4.90 Å². The summed E-state index contributed by atoms with van der Waals surface area (Å²) < 4.78 is 34.6. The first-order chi connectivity index (χ1) is 20.0.